The summed E-state index contributed by atoms with van der Waals surface area (Å²) in [6.07, 6.45) is 0.993. The number of hydrogen-bond donors (Lipinski definition) is 1. The van der Waals surface area contributed by atoms with Crippen LogP contribution in [0, 0.1) is 0 Å². The number of amides is 2. The van der Waals surface area contributed by atoms with Crippen molar-refractivity contribution >= 4 is 11.8 Å². The third-order valence-corrected chi connectivity index (χ3v) is 3.66. The third kappa shape index (κ3) is 3.89. The van der Waals surface area contributed by atoms with Crippen LogP contribution in [-0.4, -0.2) is 43.0 Å². The molecule has 0 aromatic heterocycles. The van der Waals surface area contributed by atoms with Gasteiger partial charge in [-0.3, -0.25) is 14.5 Å². The molecule has 1 aromatic rings. The van der Waals surface area contributed by atoms with Gasteiger partial charge in [0, 0.05) is 6.54 Å². The van der Waals surface area contributed by atoms with Crippen molar-refractivity contribution in [2.75, 3.05) is 26.3 Å². The summed E-state index contributed by atoms with van der Waals surface area (Å²) in [7, 11) is 0. The minimum Gasteiger partial charge on any atom is -0.362 e. The highest BCUT2D eigenvalue weighted by molar-refractivity contribution is 5.98. The van der Waals surface area contributed by atoms with E-state index >= 15 is 0 Å². The molecule has 114 valence electrons. The van der Waals surface area contributed by atoms with Crippen LogP contribution in [0.2, 0.25) is 0 Å². The Morgan fingerprint density at radius 2 is 1.76 bits per heavy atom. The lowest BCUT2D eigenvalue weighted by atomic mass is 10.0. The molecule has 0 spiro atoms. The second-order valence-corrected chi connectivity index (χ2v) is 5.10. The lowest BCUT2D eigenvalue weighted by Gasteiger charge is -2.29. The number of morpholine rings is 1. The van der Waals surface area contributed by atoms with Crippen molar-refractivity contribution in [3.05, 3.63) is 35.4 Å². The standard InChI is InChI=1S/C16H22N2O3/c1-3-12-5-7-13(8-6-12)14(17-4-2)9-18-15(19)10-21-11-16(18)20/h5-8,14,17H,3-4,9-11H2,1-2H3. The van der Waals surface area contributed by atoms with Crippen LogP contribution in [0.1, 0.15) is 31.0 Å². The fourth-order valence-electron chi connectivity index (χ4n) is 2.43. The maximum Gasteiger partial charge on any atom is 0.255 e. The highest BCUT2D eigenvalue weighted by Gasteiger charge is 2.29. The number of nitrogens with one attached hydrogen (secondary N) is 1. The van der Waals surface area contributed by atoms with Gasteiger partial charge in [-0.05, 0) is 24.1 Å². The molecule has 0 radical (unpaired) electrons. The normalized spacial score (nSPS) is 17.1. The Hall–Kier alpha value is -1.72. The van der Waals surface area contributed by atoms with Crippen molar-refractivity contribution in [3.63, 3.8) is 0 Å². The number of aryl methyl sites for hydroxylation is 1. The SMILES string of the molecule is CCNC(CN1C(=O)COCC1=O)c1ccc(CC)cc1. The number of rotatable bonds is 6. The van der Waals surface area contributed by atoms with Gasteiger partial charge in [0.15, 0.2) is 0 Å². The first-order chi connectivity index (χ1) is 10.2. The monoisotopic (exact) mass is 290 g/mol. The summed E-state index contributed by atoms with van der Waals surface area (Å²) in [5, 5.41) is 3.34. The summed E-state index contributed by atoms with van der Waals surface area (Å²) in [6.45, 7) is 5.21. The van der Waals surface area contributed by atoms with Crippen LogP contribution in [0.25, 0.3) is 0 Å². The highest BCUT2D eigenvalue weighted by Crippen LogP contribution is 2.17. The summed E-state index contributed by atoms with van der Waals surface area (Å²) >= 11 is 0. The fraction of sp³-hybridized carbons (Fsp3) is 0.500. The minimum atomic E-state index is -0.265. The Bertz CT molecular complexity index is 483. The van der Waals surface area contributed by atoms with Gasteiger partial charge in [0.1, 0.15) is 13.2 Å². The number of carbonyl (C=O) groups excluding carboxylic acids is 2. The molecule has 0 aliphatic carbocycles. The van der Waals surface area contributed by atoms with Crippen LogP contribution < -0.4 is 5.32 Å². The van der Waals surface area contributed by atoms with Crippen LogP contribution in [0.4, 0.5) is 0 Å². The Morgan fingerprint density at radius 1 is 1.14 bits per heavy atom. The maximum atomic E-state index is 11.8. The second kappa shape index (κ2) is 7.33. The van der Waals surface area contributed by atoms with E-state index in [1.165, 1.54) is 10.5 Å². The molecule has 1 aliphatic rings. The van der Waals surface area contributed by atoms with E-state index in [4.69, 9.17) is 4.74 Å². The summed E-state index contributed by atoms with van der Waals surface area (Å²) in [4.78, 5) is 25.0. The van der Waals surface area contributed by atoms with E-state index in [9.17, 15) is 9.59 Å². The van der Waals surface area contributed by atoms with Gasteiger partial charge in [0.2, 0.25) is 0 Å². The summed E-state index contributed by atoms with van der Waals surface area (Å²) in [6, 6.07) is 8.24. The first-order valence-electron chi connectivity index (χ1n) is 7.38. The topological polar surface area (TPSA) is 58.6 Å². The van der Waals surface area contributed by atoms with Gasteiger partial charge in [0.25, 0.3) is 11.8 Å². The molecule has 1 N–H and O–H groups in total. The van der Waals surface area contributed by atoms with Crippen LogP contribution in [0.3, 0.4) is 0 Å². The van der Waals surface area contributed by atoms with Gasteiger partial charge in [-0.1, -0.05) is 38.1 Å². The van der Waals surface area contributed by atoms with Crippen LogP contribution in [-0.2, 0) is 20.7 Å². The zero-order valence-corrected chi connectivity index (χ0v) is 12.6. The Balaban J connectivity index is 2.13. The first kappa shape index (κ1) is 15.7. The minimum absolute atomic E-state index is 0.0145. The first-order valence-corrected chi connectivity index (χ1v) is 7.38. The molecule has 1 saturated heterocycles. The molecule has 2 amide bonds. The van der Waals surface area contributed by atoms with Crippen LogP contribution in [0.5, 0.6) is 0 Å². The van der Waals surface area contributed by atoms with Crippen molar-refractivity contribution in [2.24, 2.45) is 0 Å². The van der Waals surface area contributed by atoms with Gasteiger partial charge >= 0.3 is 0 Å². The fourth-order valence-corrected chi connectivity index (χ4v) is 2.43. The van der Waals surface area contributed by atoms with Crippen LogP contribution in [0.15, 0.2) is 24.3 Å². The van der Waals surface area contributed by atoms with Gasteiger partial charge in [-0.15, -0.1) is 0 Å². The molecule has 0 saturated carbocycles. The molecule has 2 rings (SSSR count). The van der Waals surface area contributed by atoms with E-state index in [-0.39, 0.29) is 31.1 Å². The molecule has 0 bridgehead atoms. The van der Waals surface area contributed by atoms with E-state index < -0.39 is 0 Å². The quantitative estimate of drug-likeness (QED) is 0.802. The molecule has 5 nitrogen and oxygen atoms in total. The average Bonchev–Trinajstić information content (AvgIpc) is 2.50. The number of ether oxygens (including phenoxy) is 1. The zero-order chi connectivity index (χ0) is 15.2. The molecular weight excluding hydrogens is 268 g/mol. The van der Waals surface area contributed by atoms with Crippen molar-refractivity contribution in [3.8, 4) is 0 Å². The second-order valence-electron chi connectivity index (χ2n) is 5.10. The van der Waals surface area contributed by atoms with E-state index in [0.717, 1.165) is 18.5 Å². The number of hydrogen-bond acceptors (Lipinski definition) is 4. The Kier molecular flexibility index (Phi) is 5.47. The average molecular weight is 290 g/mol. The maximum absolute atomic E-state index is 11.8. The zero-order valence-electron chi connectivity index (χ0n) is 12.6. The van der Waals surface area contributed by atoms with E-state index in [1.807, 2.05) is 6.92 Å². The predicted molar refractivity (Wildman–Crippen MR) is 79.8 cm³/mol. The van der Waals surface area contributed by atoms with Gasteiger partial charge in [-0.25, -0.2) is 0 Å². The number of carbonyl (C=O) groups is 2. The third-order valence-electron chi connectivity index (χ3n) is 3.66. The smallest absolute Gasteiger partial charge is 0.255 e. The molecule has 1 fully saturated rings. The van der Waals surface area contributed by atoms with Gasteiger partial charge in [-0.2, -0.15) is 0 Å². The van der Waals surface area contributed by atoms with Gasteiger partial charge in [0.05, 0.1) is 6.04 Å². The number of benzene rings is 1. The van der Waals surface area contributed by atoms with Crippen LogP contribution >= 0.6 is 0 Å². The van der Waals surface area contributed by atoms with E-state index in [1.54, 1.807) is 0 Å². The predicted octanol–water partition coefficient (Wildman–Crippen LogP) is 1.29. The molecule has 1 unspecified atom stereocenters. The van der Waals surface area contributed by atoms with E-state index in [2.05, 4.69) is 36.5 Å². The van der Waals surface area contributed by atoms with Crippen molar-refractivity contribution in [1.82, 2.24) is 10.2 Å². The van der Waals surface area contributed by atoms with Crippen molar-refractivity contribution in [1.29, 1.82) is 0 Å². The lowest BCUT2D eigenvalue weighted by molar-refractivity contribution is -0.158. The lowest BCUT2D eigenvalue weighted by Crippen LogP contribution is -2.49. The Morgan fingerprint density at radius 3 is 2.29 bits per heavy atom. The summed E-state index contributed by atoms with van der Waals surface area (Å²) in [5.74, 6) is -0.529. The largest absolute Gasteiger partial charge is 0.362 e. The molecule has 1 aliphatic heterocycles. The number of imide groups is 1. The van der Waals surface area contributed by atoms with Gasteiger partial charge < -0.3 is 10.1 Å². The Labute approximate surface area is 125 Å². The summed E-state index contributed by atoms with van der Waals surface area (Å²) < 4.78 is 4.94. The summed E-state index contributed by atoms with van der Waals surface area (Å²) in [5.41, 5.74) is 2.36. The van der Waals surface area contributed by atoms with Crippen molar-refractivity contribution < 1.29 is 14.3 Å². The molecule has 1 atom stereocenters. The molecule has 21 heavy (non-hydrogen) atoms. The molecule has 1 heterocycles. The number of nitrogens with zero attached hydrogens (tertiary/aromatic N) is 1. The molecule has 5 heteroatoms. The molecule has 1 aromatic carbocycles. The van der Waals surface area contributed by atoms with Crippen molar-refractivity contribution in [2.45, 2.75) is 26.3 Å². The number of likely N-dealkylation sites (N-methyl/N-ethyl adjacent to an activating group) is 1. The molecular formula is C16H22N2O3. The highest BCUT2D eigenvalue weighted by atomic mass is 16.5. The van der Waals surface area contributed by atoms with E-state index in [0.29, 0.717) is 6.54 Å².